The Hall–Kier alpha value is -1.16. The molecule has 0 spiro atoms. The maximum Gasteiger partial charge on any atom is 0.236 e. The van der Waals surface area contributed by atoms with Crippen LogP contribution < -0.4 is 0 Å². The van der Waals surface area contributed by atoms with Gasteiger partial charge in [-0.15, -0.1) is 0 Å². The van der Waals surface area contributed by atoms with Crippen molar-refractivity contribution in [2.45, 2.75) is 38.9 Å². The van der Waals surface area contributed by atoms with E-state index in [-0.39, 0.29) is 35.9 Å². The molecule has 0 unspecified atom stereocenters. The summed E-state index contributed by atoms with van der Waals surface area (Å²) >= 11 is 0. The molecule has 4 atom stereocenters. The van der Waals surface area contributed by atoms with Crippen molar-refractivity contribution in [1.82, 2.24) is 4.90 Å². The second-order valence-corrected chi connectivity index (χ2v) is 5.41. The number of fused-ring (bicyclic) bond motifs is 5. The molecule has 4 nitrogen and oxygen atoms in total. The second kappa shape index (κ2) is 3.67. The monoisotopic (exact) mass is 235 g/mol. The van der Waals surface area contributed by atoms with Crippen molar-refractivity contribution in [3.8, 4) is 0 Å². The first-order valence-corrected chi connectivity index (χ1v) is 6.23. The molecular weight excluding hydrogens is 218 g/mol. The number of hydrogen-bond donors (Lipinski definition) is 0. The Bertz CT molecular complexity index is 383. The van der Waals surface area contributed by atoms with Gasteiger partial charge in [0.15, 0.2) is 0 Å². The molecule has 0 saturated carbocycles. The molecule has 0 aromatic carbocycles. The fourth-order valence-corrected chi connectivity index (χ4v) is 3.23. The van der Waals surface area contributed by atoms with Crippen LogP contribution >= 0.6 is 0 Å². The van der Waals surface area contributed by atoms with E-state index in [1.807, 2.05) is 19.9 Å². The average molecular weight is 235 g/mol. The Kier molecular flexibility index (Phi) is 2.36. The number of carbonyl (C=O) groups excluding carboxylic acids is 2. The van der Waals surface area contributed by atoms with Crippen LogP contribution in [0.3, 0.4) is 0 Å². The quantitative estimate of drug-likeness (QED) is 0.532. The van der Waals surface area contributed by atoms with Gasteiger partial charge in [0.05, 0.1) is 24.0 Å². The first-order valence-electron chi connectivity index (χ1n) is 6.23. The third-order valence-corrected chi connectivity index (χ3v) is 4.06. The minimum absolute atomic E-state index is 0.00171. The van der Waals surface area contributed by atoms with Crippen molar-refractivity contribution < 1.29 is 14.3 Å². The minimum Gasteiger partial charge on any atom is -0.373 e. The van der Waals surface area contributed by atoms with Crippen molar-refractivity contribution >= 4 is 11.8 Å². The molecule has 92 valence electrons. The summed E-state index contributed by atoms with van der Waals surface area (Å²) in [5.74, 6) is -0.423. The number of hydrogen-bond acceptors (Lipinski definition) is 3. The molecule has 3 fully saturated rings. The van der Waals surface area contributed by atoms with Gasteiger partial charge in [0, 0.05) is 6.54 Å². The Balaban J connectivity index is 1.83. The molecule has 3 aliphatic heterocycles. The normalized spacial score (nSPS) is 38.8. The van der Waals surface area contributed by atoms with Gasteiger partial charge in [-0.3, -0.25) is 14.5 Å². The number of allylic oxidation sites excluding steroid dienone is 1. The molecule has 2 bridgehead atoms. The fraction of sp³-hybridized carbons (Fsp3) is 0.692. The molecule has 0 aromatic rings. The standard InChI is InChI=1S/C13H17NO3/c1-7(2)5-6-14-12(15)10-8-3-4-9(17-8)11(10)13(14)16/h5,8-11H,3-4,6H2,1-2H3/t8-,9+,10-,11+. The third kappa shape index (κ3) is 1.47. The predicted molar refractivity (Wildman–Crippen MR) is 61.0 cm³/mol. The van der Waals surface area contributed by atoms with Crippen LogP contribution in [-0.2, 0) is 14.3 Å². The number of likely N-dealkylation sites (tertiary alicyclic amines) is 1. The van der Waals surface area contributed by atoms with Crippen molar-refractivity contribution in [3.63, 3.8) is 0 Å². The zero-order valence-corrected chi connectivity index (χ0v) is 10.2. The summed E-state index contributed by atoms with van der Waals surface area (Å²) in [6.07, 6.45) is 3.79. The van der Waals surface area contributed by atoms with Gasteiger partial charge in [-0.25, -0.2) is 0 Å². The van der Waals surface area contributed by atoms with E-state index in [0.29, 0.717) is 6.54 Å². The van der Waals surface area contributed by atoms with Crippen LogP contribution in [0.25, 0.3) is 0 Å². The maximum atomic E-state index is 12.2. The summed E-state index contributed by atoms with van der Waals surface area (Å²) in [7, 11) is 0. The van der Waals surface area contributed by atoms with E-state index >= 15 is 0 Å². The summed E-state index contributed by atoms with van der Waals surface area (Å²) in [6.45, 7) is 4.36. The zero-order valence-electron chi connectivity index (χ0n) is 10.2. The highest BCUT2D eigenvalue weighted by Gasteiger charge is 2.61. The van der Waals surface area contributed by atoms with Crippen molar-refractivity contribution in [1.29, 1.82) is 0 Å². The maximum absolute atomic E-state index is 12.2. The molecule has 0 N–H and O–H groups in total. The number of carbonyl (C=O) groups is 2. The third-order valence-electron chi connectivity index (χ3n) is 4.06. The smallest absolute Gasteiger partial charge is 0.236 e. The number of rotatable bonds is 2. The molecule has 2 amide bonds. The lowest BCUT2D eigenvalue weighted by Gasteiger charge is -2.15. The zero-order chi connectivity index (χ0) is 12.2. The Morgan fingerprint density at radius 1 is 1.24 bits per heavy atom. The van der Waals surface area contributed by atoms with Gasteiger partial charge in [-0.05, 0) is 26.7 Å². The van der Waals surface area contributed by atoms with Crippen LogP contribution in [0, 0.1) is 11.8 Å². The van der Waals surface area contributed by atoms with Gasteiger partial charge >= 0.3 is 0 Å². The largest absolute Gasteiger partial charge is 0.373 e. The van der Waals surface area contributed by atoms with E-state index in [4.69, 9.17) is 4.74 Å². The Labute approximate surface area is 101 Å². The lowest BCUT2D eigenvalue weighted by atomic mass is 9.81. The first-order chi connectivity index (χ1) is 8.09. The molecule has 0 aromatic heterocycles. The van der Waals surface area contributed by atoms with Crippen molar-refractivity contribution in [3.05, 3.63) is 11.6 Å². The second-order valence-electron chi connectivity index (χ2n) is 5.41. The topological polar surface area (TPSA) is 46.6 Å². The molecule has 17 heavy (non-hydrogen) atoms. The molecule has 3 saturated heterocycles. The van der Waals surface area contributed by atoms with Gasteiger partial charge in [-0.1, -0.05) is 11.6 Å². The number of nitrogens with zero attached hydrogens (tertiary/aromatic N) is 1. The Morgan fingerprint density at radius 2 is 1.76 bits per heavy atom. The Morgan fingerprint density at radius 3 is 2.24 bits per heavy atom. The van der Waals surface area contributed by atoms with E-state index in [1.54, 1.807) is 0 Å². The molecule has 0 aliphatic carbocycles. The van der Waals surface area contributed by atoms with Crippen molar-refractivity contribution in [2.75, 3.05) is 6.54 Å². The fourth-order valence-electron chi connectivity index (χ4n) is 3.23. The van der Waals surface area contributed by atoms with Crippen LogP contribution in [0.4, 0.5) is 0 Å². The van der Waals surface area contributed by atoms with Crippen LogP contribution in [-0.4, -0.2) is 35.5 Å². The van der Waals surface area contributed by atoms with E-state index in [2.05, 4.69) is 0 Å². The summed E-state index contributed by atoms with van der Waals surface area (Å²) in [4.78, 5) is 25.8. The summed E-state index contributed by atoms with van der Waals surface area (Å²) < 4.78 is 5.67. The lowest BCUT2D eigenvalue weighted by Crippen LogP contribution is -2.34. The van der Waals surface area contributed by atoms with Crippen LogP contribution in [0.15, 0.2) is 11.6 Å². The van der Waals surface area contributed by atoms with Crippen LogP contribution in [0.5, 0.6) is 0 Å². The highest BCUT2D eigenvalue weighted by atomic mass is 16.5. The summed E-state index contributed by atoms with van der Waals surface area (Å²) in [5.41, 5.74) is 1.13. The average Bonchev–Trinajstić information content (AvgIpc) is 2.92. The van der Waals surface area contributed by atoms with Crippen LogP contribution in [0.1, 0.15) is 26.7 Å². The van der Waals surface area contributed by atoms with E-state index in [9.17, 15) is 9.59 Å². The van der Waals surface area contributed by atoms with E-state index in [1.165, 1.54) is 4.90 Å². The number of ether oxygens (including phenoxy) is 1. The molecule has 3 rings (SSSR count). The minimum atomic E-state index is -0.188. The first kappa shape index (κ1) is 11.0. The van der Waals surface area contributed by atoms with Gasteiger partial charge < -0.3 is 4.74 Å². The van der Waals surface area contributed by atoms with Gasteiger partial charge in [-0.2, -0.15) is 0 Å². The predicted octanol–water partition coefficient (Wildman–Crippen LogP) is 1.11. The molecule has 3 heterocycles. The highest BCUT2D eigenvalue weighted by molar-refractivity contribution is 6.06. The van der Waals surface area contributed by atoms with Crippen LogP contribution in [0.2, 0.25) is 0 Å². The molecule has 0 radical (unpaired) electrons. The highest BCUT2D eigenvalue weighted by Crippen LogP contribution is 2.48. The summed E-state index contributed by atoms with van der Waals surface area (Å²) in [6, 6.07) is 0. The molecule has 3 aliphatic rings. The number of imide groups is 1. The van der Waals surface area contributed by atoms with E-state index < -0.39 is 0 Å². The van der Waals surface area contributed by atoms with Gasteiger partial charge in [0.2, 0.25) is 11.8 Å². The number of amides is 2. The molecular formula is C13H17NO3. The summed E-state index contributed by atoms with van der Waals surface area (Å²) in [5, 5.41) is 0. The van der Waals surface area contributed by atoms with Gasteiger partial charge in [0.1, 0.15) is 0 Å². The molecule has 4 heteroatoms. The van der Waals surface area contributed by atoms with E-state index in [0.717, 1.165) is 18.4 Å². The lowest BCUT2D eigenvalue weighted by molar-refractivity contribution is -0.141. The SMILES string of the molecule is CC(C)=CCN1C(=O)[C@@H]2[C@H](C1=O)[C@H]1CC[C@@H]2O1. The van der Waals surface area contributed by atoms with Crippen molar-refractivity contribution in [2.24, 2.45) is 11.8 Å². The van der Waals surface area contributed by atoms with Gasteiger partial charge in [0.25, 0.3) is 0 Å².